The lowest BCUT2D eigenvalue weighted by molar-refractivity contribution is -0.131. The van der Waals surface area contributed by atoms with Gasteiger partial charge in [-0.15, -0.1) is 0 Å². The minimum atomic E-state index is 0.0788. The first-order valence-corrected chi connectivity index (χ1v) is 11.3. The highest BCUT2D eigenvalue weighted by molar-refractivity contribution is 5.75. The zero-order chi connectivity index (χ0) is 23.6. The fourth-order valence-corrected chi connectivity index (χ4v) is 4.04. The number of nitrogens with zero attached hydrogens (tertiary/aromatic N) is 1. The summed E-state index contributed by atoms with van der Waals surface area (Å²) >= 11 is 0. The van der Waals surface area contributed by atoms with E-state index in [2.05, 4.69) is 18.2 Å². The molecule has 1 amide bonds. The van der Waals surface area contributed by atoms with E-state index in [1.165, 1.54) is 0 Å². The van der Waals surface area contributed by atoms with Crippen molar-refractivity contribution >= 4 is 5.91 Å². The van der Waals surface area contributed by atoms with Gasteiger partial charge in [-0.1, -0.05) is 49.4 Å². The van der Waals surface area contributed by atoms with Crippen LogP contribution in [0.25, 0.3) is 0 Å². The summed E-state index contributed by atoms with van der Waals surface area (Å²) in [5.41, 5.74) is 3.35. The first-order chi connectivity index (χ1) is 16.1. The normalized spacial score (nSPS) is 11.5. The second-order valence-electron chi connectivity index (χ2n) is 7.87. The molecule has 0 saturated heterocycles. The van der Waals surface area contributed by atoms with E-state index >= 15 is 0 Å². The summed E-state index contributed by atoms with van der Waals surface area (Å²) < 4.78 is 16.3. The molecule has 0 spiro atoms. The minimum absolute atomic E-state index is 0.0788. The fourth-order valence-electron chi connectivity index (χ4n) is 4.04. The van der Waals surface area contributed by atoms with Crippen LogP contribution in [0, 0.1) is 0 Å². The lowest BCUT2D eigenvalue weighted by Crippen LogP contribution is -2.31. The average molecular weight is 448 g/mol. The molecular formula is C28H33NO4. The SMILES string of the molecule is CCC(=O)N(CC[C@@H](c1ccc(OC)cc1)c1ccccc1OC)Cc1ccc(OC)cc1. The largest absolute Gasteiger partial charge is 0.497 e. The van der Waals surface area contributed by atoms with Gasteiger partial charge in [-0.2, -0.15) is 0 Å². The molecule has 0 radical (unpaired) electrons. The average Bonchev–Trinajstić information content (AvgIpc) is 2.88. The number of methoxy groups -OCH3 is 3. The predicted molar refractivity (Wildman–Crippen MR) is 131 cm³/mol. The van der Waals surface area contributed by atoms with Crippen LogP contribution in [-0.4, -0.2) is 38.7 Å². The van der Waals surface area contributed by atoms with Crippen molar-refractivity contribution < 1.29 is 19.0 Å². The Labute approximate surface area is 196 Å². The molecule has 0 saturated carbocycles. The summed E-state index contributed by atoms with van der Waals surface area (Å²) in [6.07, 6.45) is 1.24. The lowest BCUT2D eigenvalue weighted by Gasteiger charge is -2.27. The van der Waals surface area contributed by atoms with Crippen LogP contribution in [0.15, 0.2) is 72.8 Å². The predicted octanol–water partition coefficient (Wildman–Crippen LogP) is 5.67. The van der Waals surface area contributed by atoms with Crippen LogP contribution in [0.2, 0.25) is 0 Å². The molecule has 0 aliphatic heterocycles. The highest BCUT2D eigenvalue weighted by Crippen LogP contribution is 2.35. The van der Waals surface area contributed by atoms with Gasteiger partial charge in [0.2, 0.25) is 5.91 Å². The van der Waals surface area contributed by atoms with Gasteiger partial charge < -0.3 is 19.1 Å². The van der Waals surface area contributed by atoms with Crippen molar-refractivity contribution in [3.63, 3.8) is 0 Å². The van der Waals surface area contributed by atoms with Gasteiger partial charge in [-0.05, 0) is 47.9 Å². The molecule has 5 nitrogen and oxygen atoms in total. The fraction of sp³-hybridized carbons (Fsp3) is 0.321. The number of carbonyl (C=O) groups excluding carboxylic acids is 1. The second kappa shape index (κ2) is 12.0. The van der Waals surface area contributed by atoms with E-state index in [4.69, 9.17) is 14.2 Å². The Kier molecular flexibility index (Phi) is 8.76. The van der Waals surface area contributed by atoms with Gasteiger partial charge in [-0.3, -0.25) is 4.79 Å². The molecule has 0 bridgehead atoms. The van der Waals surface area contributed by atoms with Gasteiger partial charge in [0.25, 0.3) is 0 Å². The molecule has 174 valence electrons. The maximum absolute atomic E-state index is 12.8. The number of hydrogen-bond acceptors (Lipinski definition) is 4. The van der Waals surface area contributed by atoms with E-state index < -0.39 is 0 Å². The molecule has 3 aromatic rings. The van der Waals surface area contributed by atoms with Crippen molar-refractivity contribution in [2.75, 3.05) is 27.9 Å². The van der Waals surface area contributed by atoms with Gasteiger partial charge in [-0.25, -0.2) is 0 Å². The first kappa shape index (κ1) is 24.2. The van der Waals surface area contributed by atoms with Crippen LogP contribution in [0.5, 0.6) is 17.2 Å². The molecule has 0 unspecified atom stereocenters. The van der Waals surface area contributed by atoms with Crippen LogP contribution in [0.4, 0.5) is 0 Å². The molecule has 3 aromatic carbocycles. The molecular weight excluding hydrogens is 414 g/mol. The molecule has 0 fully saturated rings. The molecule has 0 heterocycles. The third-order valence-corrected chi connectivity index (χ3v) is 5.91. The number of benzene rings is 3. The summed E-state index contributed by atoms with van der Waals surface area (Å²) in [5, 5.41) is 0. The highest BCUT2D eigenvalue weighted by atomic mass is 16.5. The van der Waals surface area contributed by atoms with Crippen molar-refractivity contribution in [2.24, 2.45) is 0 Å². The number of hydrogen-bond donors (Lipinski definition) is 0. The summed E-state index contributed by atoms with van der Waals surface area (Å²) in [6.45, 7) is 3.11. The number of amides is 1. The van der Waals surface area contributed by atoms with Crippen LogP contribution < -0.4 is 14.2 Å². The van der Waals surface area contributed by atoms with Crippen LogP contribution in [0.3, 0.4) is 0 Å². The number of rotatable bonds is 11. The van der Waals surface area contributed by atoms with E-state index in [0.29, 0.717) is 19.5 Å². The van der Waals surface area contributed by atoms with E-state index in [0.717, 1.165) is 40.4 Å². The quantitative estimate of drug-likeness (QED) is 0.380. The molecule has 0 aliphatic carbocycles. The van der Waals surface area contributed by atoms with Gasteiger partial charge in [0, 0.05) is 31.0 Å². The van der Waals surface area contributed by atoms with Gasteiger partial charge in [0.1, 0.15) is 17.2 Å². The van der Waals surface area contributed by atoms with Crippen molar-refractivity contribution in [3.8, 4) is 17.2 Å². The number of ether oxygens (including phenoxy) is 3. The maximum Gasteiger partial charge on any atom is 0.222 e. The smallest absolute Gasteiger partial charge is 0.222 e. The summed E-state index contributed by atoms with van der Waals surface area (Å²) in [6, 6.07) is 24.1. The van der Waals surface area contributed by atoms with Crippen LogP contribution in [0.1, 0.15) is 42.4 Å². The van der Waals surface area contributed by atoms with Gasteiger partial charge in [0.05, 0.1) is 21.3 Å². The molecule has 0 N–H and O–H groups in total. The maximum atomic E-state index is 12.8. The molecule has 0 aromatic heterocycles. The van der Waals surface area contributed by atoms with E-state index in [-0.39, 0.29) is 11.8 Å². The third kappa shape index (κ3) is 6.28. The molecule has 5 heteroatoms. The summed E-state index contributed by atoms with van der Waals surface area (Å²) in [7, 11) is 5.01. The lowest BCUT2D eigenvalue weighted by atomic mass is 9.87. The number of para-hydroxylation sites is 1. The van der Waals surface area contributed by atoms with E-state index in [1.54, 1.807) is 21.3 Å². The monoisotopic (exact) mass is 447 g/mol. The Balaban J connectivity index is 1.86. The molecule has 1 atom stereocenters. The highest BCUT2D eigenvalue weighted by Gasteiger charge is 2.21. The topological polar surface area (TPSA) is 48.0 Å². The summed E-state index contributed by atoms with van der Waals surface area (Å²) in [5.74, 6) is 2.69. The first-order valence-electron chi connectivity index (χ1n) is 11.3. The van der Waals surface area contributed by atoms with E-state index in [9.17, 15) is 4.79 Å². The Bertz CT molecular complexity index is 1010. The van der Waals surface area contributed by atoms with Gasteiger partial charge in [0.15, 0.2) is 0 Å². The van der Waals surface area contributed by atoms with Crippen molar-refractivity contribution in [2.45, 2.75) is 32.2 Å². The Morgan fingerprint density at radius 3 is 2.00 bits per heavy atom. The van der Waals surface area contributed by atoms with Crippen molar-refractivity contribution in [1.29, 1.82) is 0 Å². The minimum Gasteiger partial charge on any atom is -0.497 e. The zero-order valence-corrected chi connectivity index (χ0v) is 19.9. The second-order valence-corrected chi connectivity index (χ2v) is 7.87. The third-order valence-electron chi connectivity index (χ3n) is 5.91. The Hall–Kier alpha value is -3.47. The molecule has 33 heavy (non-hydrogen) atoms. The van der Waals surface area contributed by atoms with Crippen LogP contribution >= 0.6 is 0 Å². The molecule has 3 rings (SSSR count). The van der Waals surface area contributed by atoms with Crippen molar-refractivity contribution in [3.05, 3.63) is 89.5 Å². The Morgan fingerprint density at radius 1 is 0.818 bits per heavy atom. The Morgan fingerprint density at radius 2 is 1.42 bits per heavy atom. The number of carbonyl (C=O) groups is 1. The standard InChI is InChI=1S/C28H33NO4/c1-5-28(30)29(20-21-10-14-23(31-2)15-11-21)19-18-25(22-12-16-24(32-3)17-13-22)26-8-6-7-9-27(26)33-4/h6-17,25H,5,18-20H2,1-4H3/t25-/m0/s1. The summed E-state index contributed by atoms with van der Waals surface area (Å²) in [4.78, 5) is 14.7. The van der Waals surface area contributed by atoms with E-state index in [1.807, 2.05) is 66.4 Å². The zero-order valence-electron chi connectivity index (χ0n) is 19.9. The molecule has 0 aliphatic rings. The van der Waals surface area contributed by atoms with Crippen LogP contribution in [-0.2, 0) is 11.3 Å². The van der Waals surface area contributed by atoms with Gasteiger partial charge >= 0.3 is 0 Å². The van der Waals surface area contributed by atoms with Crippen molar-refractivity contribution in [1.82, 2.24) is 4.90 Å².